The Morgan fingerprint density at radius 2 is 2.47 bits per heavy atom. The summed E-state index contributed by atoms with van der Waals surface area (Å²) in [5.74, 6) is 0.899. The van der Waals surface area contributed by atoms with Gasteiger partial charge in [-0.05, 0) is 30.9 Å². The van der Waals surface area contributed by atoms with E-state index in [1.165, 1.54) is 12.5 Å². The predicted molar refractivity (Wildman–Crippen MR) is 62.9 cm³/mol. The fraction of sp³-hybridized carbons (Fsp3) is 0.545. The lowest BCUT2D eigenvalue weighted by Crippen LogP contribution is -2.37. The highest BCUT2D eigenvalue weighted by Crippen LogP contribution is 2.24. The first-order valence-corrected chi connectivity index (χ1v) is 6.35. The summed E-state index contributed by atoms with van der Waals surface area (Å²) < 4.78 is 13.5. The highest BCUT2D eigenvalue weighted by molar-refractivity contribution is 9.09. The molecule has 0 aliphatic carbocycles. The molecule has 1 aliphatic rings. The second kappa shape index (κ2) is 4.92. The van der Waals surface area contributed by atoms with Crippen molar-refractivity contribution >= 4 is 21.7 Å². The van der Waals surface area contributed by atoms with Crippen LogP contribution in [0.5, 0.6) is 0 Å². The second-order valence-corrected chi connectivity index (χ2v) is 4.56. The zero-order chi connectivity index (χ0) is 10.7. The van der Waals surface area contributed by atoms with Gasteiger partial charge in [-0.3, -0.25) is 0 Å². The maximum Gasteiger partial charge on any atom is 0.165 e. The molecule has 0 N–H and O–H groups in total. The van der Waals surface area contributed by atoms with Crippen LogP contribution in [-0.4, -0.2) is 23.4 Å². The molecule has 1 fully saturated rings. The van der Waals surface area contributed by atoms with E-state index >= 15 is 0 Å². The van der Waals surface area contributed by atoms with E-state index < -0.39 is 0 Å². The van der Waals surface area contributed by atoms with E-state index in [2.05, 4.69) is 20.9 Å². The molecule has 2 heterocycles. The normalized spacial score (nSPS) is 21.7. The molecule has 1 aromatic heterocycles. The Morgan fingerprint density at radius 3 is 3.20 bits per heavy atom. The zero-order valence-electron chi connectivity index (χ0n) is 8.50. The van der Waals surface area contributed by atoms with Crippen LogP contribution in [0.1, 0.15) is 12.8 Å². The Hall–Kier alpha value is -0.640. The Kier molecular flexibility index (Phi) is 3.57. The average molecular weight is 273 g/mol. The minimum absolute atomic E-state index is 0.215. The highest BCUT2D eigenvalue weighted by atomic mass is 79.9. The summed E-state index contributed by atoms with van der Waals surface area (Å²) in [6.45, 7) is 1.82. The number of aromatic nitrogens is 1. The minimum atomic E-state index is -0.215. The molecule has 1 aliphatic heterocycles. The monoisotopic (exact) mass is 272 g/mol. The first-order valence-electron chi connectivity index (χ1n) is 5.22. The van der Waals surface area contributed by atoms with E-state index in [0.717, 1.165) is 24.8 Å². The molecule has 1 unspecified atom stereocenters. The summed E-state index contributed by atoms with van der Waals surface area (Å²) in [6.07, 6.45) is 3.98. The molecule has 2 rings (SSSR count). The highest BCUT2D eigenvalue weighted by Gasteiger charge is 2.21. The van der Waals surface area contributed by atoms with Crippen molar-refractivity contribution in [3.05, 3.63) is 24.1 Å². The molecular weight excluding hydrogens is 259 g/mol. The number of nitrogens with zero attached hydrogens (tertiary/aromatic N) is 2. The summed E-state index contributed by atoms with van der Waals surface area (Å²) >= 11 is 3.49. The molecule has 1 atom stereocenters. The van der Waals surface area contributed by atoms with Gasteiger partial charge in [0, 0.05) is 24.6 Å². The van der Waals surface area contributed by atoms with E-state index in [1.54, 1.807) is 12.3 Å². The quantitative estimate of drug-likeness (QED) is 0.770. The SMILES string of the molecule is Fc1cccnc1N1CCCC(CBr)C1. The van der Waals surface area contributed by atoms with Crippen LogP contribution in [0, 0.1) is 11.7 Å². The van der Waals surface area contributed by atoms with E-state index in [1.807, 2.05) is 4.90 Å². The van der Waals surface area contributed by atoms with Gasteiger partial charge in [-0.15, -0.1) is 0 Å². The molecule has 0 radical (unpaired) electrons. The number of hydrogen-bond acceptors (Lipinski definition) is 2. The van der Waals surface area contributed by atoms with Crippen molar-refractivity contribution in [1.82, 2.24) is 4.98 Å². The van der Waals surface area contributed by atoms with E-state index in [0.29, 0.717) is 11.7 Å². The Balaban J connectivity index is 2.13. The molecule has 0 saturated carbocycles. The van der Waals surface area contributed by atoms with Crippen molar-refractivity contribution in [2.45, 2.75) is 12.8 Å². The van der Waals surface area contributed by atoms with Crippen LogP contribution in [-0.2, 0) is 0 Å². The number of pyridine rings is 1. The smallest absolute Gasteiger partial charge is 0.165 e. The van der Waals surface area contributed by atoms with Crippen LogP contribution in [0.2, 0.25) is 0 Å². The predicted octanol–water partition coefficient (Wildman–Crippen LogP) is 2.83. The van der Waals surface area contributed by atoms with Gasteiger partial charge in [-0.2, -0.15) is 0 Å². The Labute approximate surface area is 97.6 Å². The molecule has 1 saturated heterocycles. The summed E-state index contributed by atoms with van der Waals surface area (Å²) in [4.78, 5) is 6.15. The van der Waals surface area contributed by atoms with Crippen LogP contribution in [0.15, 0.2) is 18.3 Å². The molecular formula is C11H14BrFN2. The van der Waals surface area contributed by atoms with Gasteiger partial charge >= 0.3 is 0 Å². The number of hydrogen-bond donors (Lipinski definition) is 0. The second-order valence-electron chi connectivity index (χ2n) is 3.92. The molecule has 0 spiro atoms. The molecule has 0 aromatic carbocycles. The van der Waals surface area contributed by atoms with Crippen LogP contribution in [0.3, 0.4) is 0 Å². The summed E-state index contributed by atoms with van der Waals surface area (Å²) in [6, 6.07) is 3.10. The standard InChI is InChI=1S/C11H14BrFN2/c12-7-9-3-2-6-15(8-9)11-10(13)4-1-5-14-11/h1,4-5,9H,2-3,6-8H2. The van der Waals surface area contributed by atoms with Crippen LogP contribution >= 0.6 is 15.9 Å². The lowest BCUT2D eigenvalue weighted by molar-refractivity contribution is 0.447. The van der Waals surface area contributed by atoms with Gasteiger partial charge in [0.05, 0.1) is 0 Å². The van der Waals surface area contributed by atoms with Crippen LogP contribution < -0.4 is 4.90 Å². The summed E-state index contributed by atoms with van der Waals surface area (Å²) in [7, 11) is 0. The third-order valence-electron chi connectivity index (χ3n) is 2.78. The van der Waals surface area contributed by atoms with Crippen molar-refractivity contribution in [1.29, 1.82) is 0 Å². The minimum Gasteiger partial charge on any atom is -0.354 e. The first kappa shape index (κ1) is 10.9. The van der Waals surface area contributed by atoms with E-state index in [4.69, 9.17) is 0 Å². The van der Waals surface area contributed by atoms with Gasteiger partial charge in [-0.25, -0.2) is 9.37 Å². The third-order valence-corrected chi connectivity index (χ3v) is 3.69. The van der Waals surface area contributed by atoms with Gasteiger partial charge in [0.25, 0.3) is 0 Å². The topological polar surface area (TPSA) is 16.1 Å². The van der Waals surface area contributed by atoms with Crippen LogP contribution in [0.4, 0.5) is 10.2 Å². The maximum absolute atomic E-state index is 13.5. The Bertz CT molecular complexity index is 332. The van der Waals surface area contributed by atoms with Crippen molar-refractivity contribution in [2.24, 2.45) is 5.92 Å². The molecule has 15 heavy (non-hydrogen) atoms. The number of anilines is 1. The van der Waals surface area contributed by atoms with Crippen molar-refractivity contribution < 1.29 is 4.39 Å². The van der Waals surface area contributed by atoms with Crippen molar-refractivity contribution in [2.75, 3.05) is 23.3 Å². The number of rotatable bonds is 2. The first-order chi connectivity index (χ1) is 7.31. The van der Waals surface area contributed by atoms with E-state index in [9.17, 15) is 4.39 Å². The zero-order valence-corrected chi connectivity index (χ0v) is 10.1. The van der Waals surface area contributed by atoms with E-state index in [-0.39, 0.29) is 5.82 Å². The lowest BCUT2D eigenvalue weighted by atomic mass is 10.0. The Morgan fingerprint density at radius 1 is 1.60 bits per heavy atom. The van der Waals surface area contributed by atoms with Gasteiger partial charge < -0.3 is 4.90 Å². The van der Waals surface area contributed by atoms with Gasteiger partial charge in [0.2, 0.25) is 0 Å². The van der Waals surface area contributed by atoms with Crippen molar-refractivity contribution in [3.63, 3.8) is 0 Å². The maximum atomic E-state index is 13.5. The lowest BCUT2D eigenvalue weighted by Gasteiger charge is -2.32. The average Bonchev–Trinajstić information content (AvgIpc) is 2.30. The number of piperidine rings is 1. The van der Waals surface area contributed by atoms with Gasteiger partial charge in [-0.1, -0.05) is 15.9 Å². The van der Waals surface area contributed by atoms with Crippen LogP contribution in [0.25, 0.3) is 0 Å². The molecule has 4 heteroatoms. The fourth-order valence-electron chi connectivity index (χ4n) is 1.99. The summed E-state index contributed by atoms with van der Waals surface area (Å²) in [5, 5.41) is 0.984. The van der Waals surface area contributed by atoms with Crippen molar-refractivity contribution in [3.8, 4) is 0 Å². The number of halogens is 2. The summed E-state index contributed by atoms with van der Waals surface area (Å²) in [5.41, 5.74) is 0. The number of alkyl halides is 1. The molecule has 82 valence electrons. The van der Waals surface area contributed by atoms with Gasteiger partial charge in [0.15, 0.2) is 11.6 Å². The third kappa shape index (κ3) is 2.48. The largest absolute Gasteiger partial charge is 0.354 e. The van der Waals surface area contributed by atoms with Gasteiger partial charge in [0.1, 0.15) is 0 Å². The molecule has 0 bridgehead atoms. The fourth-order valence-corrected chi connectivity index (χ4v) is 2.52. The molecule has 1 aromatic rings. The molecule has 2 nitrogen and oxygen atoms in total. The molecule has 0 amide bonds.